The molecule has 8 aromatic carbocycles. The van der Waals surface area contributed by atoms with Gasteiger partial charge in [0.25, 0.3) is 0 Å². The topological polar surface area (TPSA) is 51.8 Å². The third-order valence-corrected chi connectivity index (χ3v) is 11.3. The molecule has 0 fully saturated rings. The molecule has 10 aromatic rings. The Hall–Kier alpha value is -6.91. The molecule has 0 N–H and O–H groups in total. The van der Waals surface area contributed by atoms with Crippen molar-refractivity contribution < 1.29 is 4.42 Å². The van der Waals surface area contributed by atoms with Gasteiger partial charge in [-0.25, -0.2) is 15.0 Å². The molecule has 2 aromatic heterocycles. The van der Waals surface area contributed by atoms with Gasteiger partial charge < -0.3 is 4.42 Å². The second kappa shape index (κ2) is 11.5. The molecule has 4 heteroatoms. The van der Waals surface area contributed by atoms with Gasteiger partial charge in [-0.05, 0) is 85.3 Å². The number of hydrogen-bond acceptors (Lipinski definition) is 4. The van der Waals surface area contributed by atoms with Crippen molar-refractivity contribution in [1.29, 1.82) is 0 Å². The summed E-state index contributed by atoms with van der Waals surface area (Å²) in [6.07, 6.45) is 0. The number of rotatable bonds is 4. The van der Waals surface area contributed by atoms with Crippen molar-refractivity contribution >= 4 is 43.5 Å². The monoisotopic (exact) mass is 691 g/mol. The molecule has 0 aliphatic heterocycles. The molecule has 0 bridgehead atoms. The highest BCUT2D eigenvalue weighted by molar-refractivity contribution is 6.06. The lowest BCUT2D eigenvalue weighted by atomic mass is 9.82. The summed E-state index contributed by atoms with van der Waals surface area (Å²) in [5.41, 5.74) is 11.8. The van der Waals surface area contributed by atoms with Crippen LogP contribution in [0.15, 0.2) is 168 Å². The average Bonchev–Trinajstić information content (AvgIpc) is 3.71. The van der Waals surface area contributed by atoms with Gasteiger partial charge in [-0.1, -0.05) is 147 Å². The summed E-state index contributed by atoms with van der Waals surface area (Å²) >= 11 is 0. The Balaban J connectivity index is 1.11. The summed E-state index contributed by atoms with van der Waals surface area (Å²) in [6.45, 7) is 4.61. The van der Waals surface area contributed by atoms with E-state index in [1.54, 1.807) is 0 Å². The number of aromatic nitrogens is 3. The standard InChI is InChI=1S/C50H33N3O/c1-50(2)43-19-7-5-13-38(43)39-25-23-33(28-44(39)50)47-51-48(34-24-26-41-40-14-6-8-20-45(40)54-46(41)29-34)53-49(52-47)42-18-10-16-36-35(15-9-17-37(36)42)32-22-21-30-11-3-4-12-31(30)27-32/h3-29H,1-2H3. The van der Waals surface area contributed by atoms with Crippen LogP contribution in [0.1, 0.15) is 25.0 Å². The maximum absolute atomic E-state index is 6.32. The molecular weight excluding hydrogens is 659 g/mol. The molecular formula is C50H33N3O. The minimum atomic E-state index is -0.151. The number of fused-ring (bicyclic) bond motifs is 8. The van der Waals surface area contributed by atoms with E-state index in [9.17, 15) is 0 Å². The normalized spacial score (nSPS) is 13.1. The zero-order valence-corrected chi connectivity index (χ0v) is 29.8. The predicted octanol–water partition coefficient (Wildman–Crippen LogP) is 13.1. The molecule has 0 unspecified atom stereocenters. The molecule has 0 amide bonds. The zero-order chi connectivity index (χ0) is 36.0. The lowest BCUT2D eigenvalue weighted by Gasteiger charge is -2.21. The first-order chi connectivity index (χ1) is 26.5. The van der Waals surface area contributed by atoms with Gasteiger partial charge in [0.05, 0.1) is 0 Å². The predicted molar refractivity (Wildman–Crippen MR) is 221 cm³/mol. The van der Waals surface area contributed by atoms with Crippen molar-refractivity contribution in [2.45, 2.75) is 19.3 Å². The fraction of sp³-hybridized carbons (Fsp3) is 0.0600. The van der Waals surface area contributed by atoms with Crippen molar-refractivity contribution in [3.63, 3.8) is 0 Å². The largest absolute Gasteiger partial charge is 0.456 e. The van der Waals surface area contributed by atoms with Crippen LogP contribution in [0.2, 0.25) is 0 Å². The molecule has 1 aliphatic carbocycles. The van der Waals surface area contributed by atoms with Gasteiger partial charge in [0.2, 0.25) is 0 Å². The van der Waals surface area contributed by atoms with Crippen LogP contribution in [0.25, 0.3) is 99.9 Å². The van der Waals surface area contributed by atoms with E-state index < -0.39 is 0 Å². The van der Waals surface area contributed by atoms with Crippen molar-refractivity contribution in [3.8, 4) is 56.4 Å². The SMILES string of the molecule is CC1(C)c2ccccc2-c2ccc(-c3nc(-c4ccc5c(c4)oc4ccccc45)nc(-c4cccc5c(-c6ccc7ccccc7c6)cccc45)n3)cc21. The van der Waals surface area contributed by atoms with Crippen LogP contribution in [-0.4, -0.2) is 15.0 Å². The number of para-hydroxylation sites is 1. The smallest absolute Gasteiger partial charge is 0.164 e. The third kappa shape index (κ3) is 4.66. The van der Waals surface area contributed by atoms with Crippen LogP contribution < -0.4 is 0 Å². The minimum absolute atomic E-state index is 0.151. The highest BCUT2D eigenvalue weighted by atomic mass is 16.3. The van der Waals surface area contributed by atoms with Crippen LogP contribution in [0.4, 0.5) is 0 Å². The average molecular weight is 692 g/mol. The Morgan fingerprint density at radius 2 is 0.963 bits per heavy atom. The summed E-state index contributed by atoms with van der Waals surface area (Å²) < 4.78 is 6.32. The summed E-state index contributed by atoms with van der Waals surface area (Å²) in [7, 11) is 0. The van der Waals surface area contributed by atoms with E-state index in [4.69, 9.17) is 19.4 Å². The second-order valence-corrected chi connectivity index (χ2v) is 14.8. The van der Waals surface area contributed by atoms with E-state index in [2.05, 4.69) is 159 Å². The molecule has 0 radical (unpaired) electrons. The van der Waals surface area contributed by atoms with Crippen molar-refractivity contribution in [3.05, 3.63) is 175 Å². The van der Waals surface area contributed by atoms with Gasteiger partial charge in [0.15, 0.2) is 17.5 Å². The second-order valence-electron chi connectivity index (χ2n) is 14.8. The summed E-state index contributed by atoms with van der Waals surface area (Å²) in [5.74, 6) is 1.86. The highest BCUT2D eigenvalue weighted by Gasteiger charge is 2.35. The van der Waals surface area contributed by atoms with E-state index >= 15 is 0 Å². The van der Waals surface area contributed by atoms with Crippen LogP contribution >= 0.6 is 0 Å². The number of benzene rings is 8. The zero-order valence-electron chi connectivity index (χ0n) is 29.8. The van der Waals surface area contributed by atoms with Crippen molar-refractivity contribution in [2.24, 2.45) is 0 Å². The molecule has 1 aliphatic rings. The molecule has 0 saturated carbocycles. The van der Waals surface area contributed by atoms with Crippen molar-refractivity contribution in [2.75, 3.05) is 0 Å². The Bertz CT molecular complexity index is 3150. The Labute approximate surface area is 312 Å². The molecule has 54 heavy (non-hydrogen) atoms. The number of furan rings is 1. The first-order valence-electron chi connectivity index (χ1n) is 18.4. The molecule has 2 heterocycles. The first kappa shape index (κ1) is 30.7. The number of hydrogen-bond donors (Lipinski definition) is 0. The maximum atomic E-state index is 6.32. The highest BCUT2D eigenvalue weighted by Crippen LogP contribution is 2.49. The van der Waals surface area contributed by atoms with E-state index in [1.807, 2.05) is 18.2 Å². The van der Waals surface area contributed by atoms with Crippen molar-refractivity contribution in [1.82, 2.24) is 15.0 Å². The molecule has 0 saturated heterocycles. The van der Waals surface area contributed by atoms with Gasteiger partial charge in [-0.2, -0.15) is 0 Å². The van der Waals surface area contributed by atoms with Gasteiger partial charge in [0, 0.05) is 32.9 Å². The lowest BCUT2D eigenvalue weighted by Crippen LogP contribution is -2.15. The fourth-order valence-corrected chi connectivity index (χ4v) is 8.58. The fourth-order valence-electron chi connectivity index (χ4n) is 8.58. The van der Waals surface area contributed by atoms with Gasteiger partial charge in [-0.15, -0.1) is 0 Å². The Morgan fingerprint density at radius 3 is 1.83 bits per heavy atom. The maximum Gasteiger partial charge on any atom is 0.164 e. The van der Waals surface area contributed by atoms with Gasteiger partial charge >= 0.3 is 0 Å². The Morgan fingerprint density at radius 1 is 0.370 bits per heavy atom. The summed E-state index contributed by atoms with van der Waals surface area (Å²) in [6, 6.07) is 57.9. The summed E-state index contributed by atoms with van der Waals surface area (Å²) in [4.78, 5) is 15.7. The van der Waals surface area contributed by atoms with Crippen LogP contribution in [-0.2, 0) is 5.41 Å². The molecule has 0 atom stereocenters. The van der Waals surface area contributed by atoms with Crippen LogP contribution in [0, 0.1) is 0 Å². The van der Waals surface area contributed by atoms with Gasteiger partial charge in [-0.3, -0.25) is 0 Å². The van der Waals surface area contributed by atoms with Gasteiger partial charge in [0.1, 0.15) is 11.2 Å². The van der Waals surface area contributed by atoms with E-state index in [1.165, 1.54) is 44.2 Å². The minimum Gasteiger partial charge on any atom is -0.456 e. The summed E-state index contributed by atoms with van der Waals surface area (Å²) in [5, 5.41) is 6.85. The van der Waals surface area contributed by atoms with E-state index in [0.29, 0.717) is 17.5 Å². The molecule has 0 spiro atoms. The molecule has 254 valence electrons. The van der Waals surface area contributed by atoms with E-state index in [0.717, 1.165) is 49.4 Å². The quantitative estimate of drug-likeness (QED) is 0.184. The van der Waals surface area contributed by atoms with E-state index in [-0.39, 0.29) is 5.41 Å². The number of nitrogens with zero attached hydrogens (tertiary/aromatic N) is 3. The molecule has 11 rings (SSSR count). The molecule has 4 nitrogen and oxygen atoms in total. The first-order valence-corrected chi connectivity index (χ1v) is 18.4. The van der Waals surface area contributed by atoms with Crippen LogP contribution in [0.5, 0.6) is 0 Å². The third-order valence-electron chi connectivity index (χ3n) is 11.3. The Kier molecular flexibility index (Phi) is 6.56. The lowest BCUT2D eigenvalue weighted by molar-refractivity contribution is 0.660. The van der Waals surface area contributed by atoms with Crippen LogP contribution in [0.3, 0.4) is 0 Å².